The van der Waals surface area contributed by atoms with Crippen molar-refractivity contribution < 1.29 is 0 Å². The largest absolute Gasteiger partial charge is 0.395 e. The number of rotatable bonds is 4. The van der Waals surface area contributed by atoms with E-state index in [1.807, 2.05) is 0 Å². The lowest BCUT2D eigenvalue weighted by atomic mass is 10.0. The van der Waals surface area contributed by atoms with Gasteiger partial charge in [0.25, 0.3) is 0 Å². The number of aromatic nitrogens is 1. The molecule has 0 spiro atoms. The molecule has 2 aliphatic carbocycles. The Morgan fingerprint density at radius 2 is 2.29 bits per heavy atom. The van der Waals surface area contributed by atoms with E-state index in [9.17, 15) is 0 Å². The highest BCUT2D eigenvalue weighted by Crippen LogP contribution is 2.61. The molecule has 88 valence electrons. The Labute approximate surface area is 101 Å². The van der Waals surface area contributed by atoms with Crippen LogP contribution in [0.25, 0.3) is 0 Å². The Bertz CT molecular complexity index is 481. The fourth-order valence-electron chi connectivity index (χ4n) is 2.56. The summed E-state index contributed by atoms with van der Waals surface area (Å²) in [4.78, 5) is 4.21. The summed E-state index contributed by atoms with van der Waals surface area (Å²) in [6.45, 7) is 0.948. The van der Waals surface area contributed by atoms with Crippen LogP contribution in [0.5, 0.6) is 0 Å². The number of nitrogens with zero attached hydrogens (tertiary/aromatic N) is 2. The maximum atomic E-state index is 8.90. The number of nitrogen functional groups attached to an aromatic ring is 1. The van der Waals surface area contributed by atoms with Gasteiger partial charge in [0.15, 0.2) is 5.82 Å². The maximum Gasteiger partial charge on any atom is 0.150 e. The Balaban J connectivity index is 1.71. The quantitative estimate of drug-likeness (QED) is 0.827. The molecule has 4 nitrogen and oxygen atoms in total. The monoisotopic (exact) mass is 228 g/mol. The van der Waals surface area contributed by atoms with Crippen LogP contribution < -0.4 is 11.1 Å². The van der Waals surface area contributed by atoms with Gasteiger partial charge < -0.3 is 11.1 Å². The van der Waals surface area contributed by atoms with Gasteiger partial charge in [-0.25, -0.2) is 4.98 Å². The van der Waals surface area contributed by atoms with E-state index in [0.29, 0.717) is 22.5 Å². The number of anilines is 2. The summed E-state index contributed by atoms with van der Waals surface area (Å²) in [5.41, 5.74) is 7.37. The molecule has 2 fully saturated rings. The van der Waals surface area contributed by atoms with Gasteiger partial charge in [0, 0.05) is 12.7 Å². The van der Waals surface area contributed by atoms with Crippen LogP contribution in [-0.4, -0.2) is 11.5 Å². The zero-order valence-corrected chi connectivity index (χ0v) is 9.74. The van der Waals surface area contributed by atoms with Crippen LogP contribution in [0, 0.1) is 22.7 Å². The fourth-order valence-corrected chi connectivity index (χ4v) is 2.56. The molecular formula is C13H16N4. The number of hydrogen-bond acceptors (Lipinski definition) is 4. The SMILES string of the molecule is N#Cc1ccnc(NCC2(C3CC3)CC2)c1N. The summed E-state index contributed by atoms with van der Waals surface area (Å²) >= 11 is 0. The van der Waals surface area contributed by atoms with Crippen LogP contribution in [0.4, 0.5) is 11.5 Å². The third-order valence-electron chi connectivity index (χ3n) is 4.05. The molecule has 2 saturated carbocycles. The lowest BCUT2D eigenvalue weighted by Crippen LogP contribution is -2.18. The zero-order chi connectivity index (χ0) is 11.9. The Hall–Kier alpha value is -1.76. The number of nitrogens with two attached hydrogens (primary N) is 1. The highest BCUT2D eigenvalue weighted by Gasteiger charge is 2.53. The third kappa shape index (κ3) is 1.82. The van der Waals surface area contributed by atoms with E-state index in [0.717, 1.165) is 12.5 Å². The van der Waals surface area contributed by atoms with Gasteiger partial charge in [-0.05, 0) is 43.1 Å². The average Bonchev–Trinajstić information content (AvgIpc) is 3.19. The van der Waals surface area contributed by atoms with Crippen LogP contribution in [0.15, 0.2) is 12.3 Å². The Kier molecular flexibility index (Phi) is 2.22. The second kappa shape index (κ2) is 3.63. The minimum atomic E-state index is 0.474. The van der Waals surface area contributed by atoms with Crippen molar-refractivity contribution in [1.29, 1.82) is 5.26 Å². The second-order valence-electron chi connectivity index (χ2n) is 5.22. The Morgan fingerprint density at radius 3 is 2.88 bits per heavy atom. The van der Waals surface area contributed by atoms with Gasteiger partial charge in [-0.2, -0.15) is 5.26 Å². The molecule has 2 aliphatic rings. The Morgan fingerprint density at radius 1 is 1.53 bits per heavy atom. The summed E-state index contributed by atoms with van der Waals surface area (Å²) in [6, 6.07) is 3.73. The molecule has 1 aromatic heterocycles. The average molecular weight is 228 g/mol. The summed E-state index contributed by atoms with van der Waals surface area (Å²) in [5, 5.41) is 12.2. The standard InChI is InChI=1S/C13H16N4/c14-7-9-3-6-16-12(11(9)15)17-8-13(4-5-13)10-1-2-10/h3,6,10H,1-2,4-5,8,15H2,(H,16,17). The number of pyridine rings is 1. The maximum absolute atomic E-state index is 8.90. The van der Waals surface area contributed by atoms with Gasteiger partial charge in [-0.1, -0.05) is 0 Å². The fraction of sp³-hybridized carbons (Fsp3) is 0.538. The predicted octanol–water partition coefficient (Wildman–Crippen LogP) is 2.14. The van der Waals surface area contributed by atoms with E-state index in [2.05, 4.69) is 16.4 Å². The molecule has 0 unspecified atom stereocenters. The third-order valence-corrected chi connectivity index (χ3v) is 4.05. The zero-order valence-electron chi connectivity index (χ0n) is 9.74. The number of nitriles is 1. The van der Waals surface area contributed by atoms with Crippen LogP contribution in [0.2, 0.25) is 0 Å². The van der Waals surface area contributed by atoms with Crippen molar-refractivity contribution in [3.8, 4) is 6.07 Å². The summed E-state index contributed by atoms with van der Waals surface area (Å²) < 4.78 is 0. The molecule has 0 saturated heterocycles. The lowest BCUT2D eigenvalue weighted by Gasteiger charge is -2.16. The van der Waals surface area contributed by atoms with Crippen molar-refractivity contribution in [2.24, 2.45) is 11.3 Å². The van der Waals surface area contributed by atoms with Crippen molar-refractivity contribution in [2.75, 3.05) is 17.6 Å². The molecular weight excluding hydrogens is 212 g/mol. The van der Waals surface area contributed by atoms with Crippen molar-refractivity contribution in [3.05, 3.63) is 17.8 Å². The summed E-state index contributed by atoms with van der Waals surface area (Å²) in [6.07, 6.45) is 7.03. The first-order valence-corrected chi connectivity index (χ1v) is 6.14. The predicted molar refractivity (Wildman–Crippen MR) is 66.2 cm³/mol. The van der Waals surface area contributed by atoms with Gasteiger partial charge in [0.2, 0.25) is 0 Å². The molecule has 4 heteroatoms. The van der Waals surface area contributed by atoms with E-state index in [1.54, 1.807) is 12.3 Å². The summed E-state index contributed by atoms with van der Waals surface area (Å²) in [7, 11) is 0. The van der Waals surface area contributed by atoms with E-state index >= 15 is 0 Å². The van der Waals surface area contributed by atoms with E-state index in [1.165, 1.54) is 25.7 Å². The molecule has 0 aliphatic heterocycles. The topological polar surface area (TPSA) is 74.7 Å². The lowest BCUT2D eigenvalue weighted by molar-refractivity contribution is 0.466. The van der Waals surface area contributed by atoms with Gasteiger partial charge in [-0.15, -0.1) is 0 Å². The van der Waals surface area contributed by atoms with Crippen molar-refractivity contribution >= 4 is 11.5 Å². The summed E-state index contributed by atoms with van der Waals surface area (Å²) in [5.74, 6) is 1.58. The molecule has 3 N–H and O–H groups in total. The minimum Gasteiger partial charge on any atom is -0.395 e. The smallest absolute Gasteiger partial charge is 0.150 e. The molecule has 0 bridgehead atoms. The minimum absolute atomic E-state index is 0.474. The first kappa shape index (κ1) is 10.4. The van der Waals surface area contributed by atoms with Gasteiger partial charge in [0.05, 0.1) is 11.3 Å². The van der Waals surface area contributed by atoms with Crippen LogP contribution in [0.3, 0.4) is 0 Å². The molecule has 1 aromatic rings. The van der Waals surface area contributed by atoms with Crippen LogP contribution >= 0.6 is 0 Å². The first-order valence-electron chi connectivity index (χ1n) is 6.14. The molecule has 0 amide bonds. The van der Waals surface area contributed by atoms with Gasteiger partial charge in [-0.3, -0.25) is 0 Å². The highest BCUT2D eigenvalue weighted by molar-refractivity contribution is 5.68. The molecule has 17 heavy (non-hydrogen) atoms. The molecule has 3 rings (SSSR count). The second-order valence-corrected chi connectivity index (χ2v) is 5.22. The van der Waals surface area contributed by atoms with E-state index < -0.39 is 0 Å². The van der Waals surface area contributed by atoms with E-state index in [-0.39, 0.29) is 0 Å². The highest BCUT2D eigenvalue weighted by atomic mass is 15.0. The van der Waals surface area contributed by atoms with Crippen molar-refractivity contribution in [3.63, 3.8) is 0 Å². The first-order chi connectivity index (χ1) is 8.25. The van der Waals surface area contributed by atoms with E-state index in [4.69, 9.17) is 11.0 Å². The number of hydrogen-bond donors (Lipinski definition) is 2. The van der Waals surface area contributed by atoms with Crippen molar-refractivity contribution in [1.82, 2.24) is 4.98 Å². The molecule has 0 radical (unpaired) electrons. The van der Waals surface area contributed by atoms with Gasteiger partial charge >= 0.3 is 0 Å². The molecule has 0 aromatic carbocycles. The molecule has 1 heterocycles. The van der Waals surface area contributed by atoms with Crippen molar-refractivity contribution in [2.45, 2.75) is 25.7 Å². The van der Waals surface area contributed by atoms with Crippen LogP contribution in [0.1, 0.15) is 31.2 Å². The number of nitrogens with one attached hydrogen (secondary N) is 1. The van der Waals surface area contributed by atoms with Crippen LogP contribution in [-0.2, 0) is 0 Å². The normalized spacial score (nSPS) is 20.6. The van der Waals surface area contributed by atoms with Gasteiger partial charge in [0.1, 0.15) is 6.07 Å². The molecule has 0 atom stereocenters.